The quantitative estimate of drug-likeness (QED) is 0.310. The first kappa shape index (κ1) is 23.7. The summed E-state index contributed by atoms with van der Waals surface area (Å²) in [6.07, 6.45) is 6.18. The molecular weight excluding hydrogens is 446 g/mol. The Morgan fingerprint density at radius 2 is 1.97 bits per heavy atom. The van der Waals surface area contributed by atoms with Crippen LogP contribution in [0, 0.1) is 0 Å². The van der Waals surface area contributed by atoms with E-state index in [9.17, 15) is 9.59 Å². The summed E-state index contributed by atoms with van der Waals surface area (Å²) in [5, 5.41) is 2.77. The lowest BCUT2D eigenvalue weighted by molar-refractivity contribution is -0.122. The molecule has 0 aliphatic carbocycles. The summed E-state index contributed by atoms with van der Waals surface area (Å²) < 4.78 is 11.1. The van der Waals surface area contributed by atoms with Gasteiger partial charge in [0.1, 0.15) is 10.1 Å². The normalized spacial score (nSPS) is 14.7. The van der Waals surface area contributed by atoms with Crippen molar-refractivity contribution in [3.05, 3.63) is 53.1 Å². The van der Waals surface area contributed by atoms with E-state index in [2.05, 4.69) is 10.3 Å². The standard InChI is InChI=1S/C23H25N3O4S2/c1-29-17-11-10-16(14-18(17)30-2)15-19-22(28)26(23(31)32-19)13-7-3-4-9-21(27)25-20-8-5-6-12-24-20/h5-6,8,10-12,14-15H,3-4,7,9,13H2,1-2H3,(H,24,25,27). The molecule has 0 spiro atoms. The van der Waals surface area contributed by atoms with Crippen molar-refractivity contribution in [1.82, 2.24) is 9.88 Å². The number of pyridine rings is 1. The Labute approximate surface area is 197 Å². The first-order valence-corrected chi connectivity index (χ1v) is 11.4. The molecule has 1 aromatic carbocycles. The number of anilines is 1. The van der Waals surface area contributed by atoms with Crippen LogP contribution in [-0.2, 0) is 9.59 Å². The Bertz CT molecular complexity index is 1010. The summed E-state index contributed by atoms with van der Waals surface area (Å²) >= 11 is 6.70. The zero-order valence-corrected chi connectivity index (χ0v) is 19.6. The first-order chi connectivity index (χ1) is 15.5. The fourth-order valence-electron chi connectivity index (χ4n) is 3.16. The number of ether oxygens (including phenoxy) is 2. The number of rotatable bonds is 10. The Morgan fingerprint density at radius 3 is 2.69 bits per heavy atom. The number of nitrogens with zero attached hydrogens (tertiary/aromatic N) is 2. The maximum absolute atomic E-state index is 12.8. The van der Waals surface area contributed by atoms with Gasteiger partial charge >= 0.3 is 0 Å². The van der Waals surface area contributed by atoms with Crippen LogP contribution in [0.15, 0.2) is 47.5 Å². The maximum atomic E-state index is 12.8. The van der Waals surface area contributed by atoms with Gasteiger partial charge in [-0.1, -0.05) is 42.5 Å². The summed E-state index contributed by atoms with van der Waals surface area (Å²) in [5.41, 5.74) is 0.835. The number of benzene rings is 1. The van der Waals surface area contributed by atoms with Crippen molar-refractivity contribution >= 4 is 52.0 Å². The van der Waals surface area contributed by atoms with E-state index in [0.717, 1.165) is 24.8 Å². The van der Waals surface area contributed by atoms with Gasteiger partial charge in [-0.25, -0.2) is 4.98 Å². The fraction of sp³-hybridized carbons (Fsp3) is 0.304. The van der Waals surface area contributed by atoms with Crippen LogP contribution in [0.5, 0.6) is 11.5 Å². The Kier molecular flexibility index (Phi) is 8.64. The third kappa shape index (κ3) is 6.30. The lowest BCUT2D eigenvalue weighted by atomic mass is 10.1. The smallest absolute Gasteiger partial charge is 0.266 e. The molecule has 2 aromatic rings. The van der Waals surface area contributed by atoms with Crippen LogP contribution < -0.4 is 14.8 Å². The molecule has 2 amide bonds. The number of unbranched alkanes of at least 4 members (excludes halogenated alkanes) is 2. The predicted octanol–water partition coefficient (Wildman–Crippen LogP) is 4.50. The average molecular weight is 472 g/mol. The first-order valence-electron chi connectivity index (χ1n) is 10.2. The number of thioether (sulfide) groups is 1. The number of amides is 2. The van der Waals surface area contributed by atoms with E-state index in [1.54, 1.807) is 43.5 Å². The van der Waals surface area contributed by atoms with Gasteiger partial charge in [-0.2, -0.15) is 0 Å². The van der Waals surface area contributed by atoms with Crippen LogP contribution in [0.3, 0.4) is 0 Å². The Balaban J connectivity index is 1.47. The maximum Gasteiger partial charge on any atom is 0.266 e. The molecule has 1 fully saturated rings. The van der Waals surface area contributed by atoms with Crippen LogP contribution in [0.2, 0.25) is 0 Å². The van der Waals surface area contributed by atoms with E-state index in [1.165, 1.54) is 11.8 Å². The molecule has 0 atom stereocenters. The number of hydrogen-bond donors (Lipinski definition) is 1. The second-order valence-corrected chi connectivity index (χ2v) is 8.70. The number of aromatic nitrogens is 1. The highest BCUT2D eigenvalue weighted by atomic mass is 32.2. The fourth-order valence-corrected chi connectivity index (χ4v) is 4.47. The molecule has 0 unspecified atom stereocenters. The van der Waals surface area contributed by atoms with Crippen LogP contribution in [0.4, 0.5) is 5.82 Å². The van der Waals surface area contributed by atoms with Crippen molar-refractivity contribution < 1.29 is 19.1 Å². The van der Waals surface area contributed by atoms with Crippen LogP contribution in [-0.4, -0.2) is 46.8 Å². The number of thiocarbonyl (C=S) groups is 1. The van der Waals surface area contributed by atoms with E-state index in [4.69, 9.17) is 21.7 Å². The molecule has 9 heteroatoms. The van der Waals surface area contributed by atoms with Crippen molar-refractivity contribution in [3.63, 3.8) is 0 Å². The van der Waals surface area contributed by atoms with Gasteiger partial charge in [0.25, 0.3) is 5.91 Å². The zero-order chi connectivity index (χ0) is 22.9. The third-order valence-electron chi connectivity index (χ3n) is 4.80. The minimum atomic E-state index is -0.0947. The Hall–Kier alpha value is -2.91. The largest absolute Gasteiger partial charge is 0.493 e. The van der Waals surface area contributed by atoms with Crippen LogP contribution >= 0.6 is 24.0 Å². The van der Waals surface area contributed by atoms with Crippen molar-refractivity contribution in [2.45, 2.75) is 25.7 Å². The molecule has 0 radical (unpaired) electrons. The van der Waals surface area contributed by atoms with Gasteiger partial charge < -0.3 is 14.8 Å². The Morgan fingerprint density at radius 1 is 1.16 bits per heavy atom. The molecule has 1 saturated heterocycles. The number of carbonyl (C=O) groups excluding carboxylic acids is 2. The van der Waals surface area contributed by atoms with E-state index in [0.29, 0.717) is 39.5 Å². The minimum absolute atomic E-state index is 0.0628. The molecule has 32 heavy (non-hydrogen) atoms. The number of nitrogens with one attached hydrogen (secondary N) is 1. The number of carbonyl (C=O) groups is 2. The monoisotopic (exact) mass is 471 g/mol. The van der Waals surface area contributed by atoms with Crippen LogP contribution in [0.25, 0.3) is 6.08 Å². The predicted molar refractivity (Wildman–Crippen MR) is 131 cm³/mol. The molecule has 1 N–H and O–H groups in total. The summed E-state index contributed by atoms with van der Waals surface area (Å²) in [6.45, 7) is 0.538. The van der Waals surface area contributed by atoms with Gasteiger partial charge in [0.15, 0.2) is 11.5 Å². The molecule has 0 saturated carbocycles. The van der Waals surface area contributed by atoms with E-state index in [1.807, 2.05) is 24.3 Å². The lowest BCUT2D eigenvalue weighted by Crippen LogP contribution is -2.29. The van der Waals surface area contributed by atoms with E-state index < -0.39 is 0 Å². The van der Waals surface area contributed by atoms with Crippen molar-refractivity contribution in [2.75, 3.05) is 26.1 Å². The van der Waals surface area contributed by atoms with Crippen molar-refractivity contribution in [2.24, 2.45) is 0 Å². The molecule has 7 nitrogen and oxygen atoms in total. The van der Waals surface area contributed by atoms with Gasteiger partial charge in [-0.05, 0) is 48.7 Å². The number of methoxy groups -OCH3 is 2. The molecular formula is C23H25N3O4S2. The highest BCUT2D eigenvalue weighted by Crippen LogP contribution is 2.34. The SMILES string of the molecule is COc1ccc(C=C2SC(=S)N(CCCCCC(=O)Nc3ccccn3)C2=O)cc1OC. The van der Waals surface area contributed by atoms with Crippen molar-refractivity contribution in [1.29, 1.82) is 0 Å². The second-order valence-electron chi connectivity index (χ2n) is 7.02. The van der Waals surface area contributed by atoms with Gasteiger partial charge in [0.2, 0.25) is 5.91 Å². The molecule has 1 aliphatic heterocycles. The molecule has 1 aromatic heterocycles. The molecule has 0 bridgehead atoms. The highest BCUT2D eigenvalue weighted by molar-refractivity contribution is 8.26. The zero-order valence-electron chi connectivity index (χ0n) is 18.0. The number of hydrogen-bond acceptors (Lipinski definition) is 7. The van der Waals surface area contributed by atoms with E-state index >= 15 is 0 Å². The van der Waals surface area contributed by atoms with E-state index in [-0.39, 0.29) is 11.8 Å². The summed E-state index contributed by atoms with van der Waals surface area (Å²) in [4.78, 5) is 31.1. The van der Waals surface area contributed by atoms with Crippen LogP contribution in [0.1, 0.15) is 31.2 Å². The summed E-state index contributed by atoms with van der Waals surface area (Å²) in [7, 11) is 3.15. The van der Waals surface area contributed by atoms with Crippen molar-refractivity contribution in [3.8, 4) is 11.5 Å². The molecule has 168 valence electrons. The lowest BCUT2D eigenvalue weighted by Gasteiger charge is -2.14. The molecule has 2 heterocycles. The highest BCUT2D eigenvalue weighted by Gasteiger charge is 2.31. The summed E-state index contributed by atoms with van der Waals surface area (Å²) in [5.74, 6) is 1.63. The van der Waals surface area contributed by atoms with Gasteiger partial charge in [-0.3, -0.25) is 14.5 Å². The third-order valence-corrected chi connectivity index (χ3v) is 6.17. The van der Waals surface area contributed by atoms with Gasteiger partial charge in [0, 0.05) is 19.2 Å². The molecule has 3 rings (SSSR count). The minimum Gasteiger partial charge on any atom is -0.493 e. The van der Waals surface area contributed by atoms with Gasteiger partial charge in [0.05, 0.1) is 19.1 Å². The second kappa shape index (κ2) is 11.6. The average Bonchev–Trinajstić information content (AvgIpc) is 3.06. The topological polar surface area (TPSA) is 80.8 Å². The molecule has 1 aliphatic rings. The summed E-state index contributed by atoms with van der Waals surface area (Å²) in [6, 6.07) is 10.9. The van der Waals surface area contributed by atoms with Gasteiger partial charge in [-0.15, -0.1) is 0 Å².